The quantitative estimate of drug-likeness (QED) is 0.381. The molecule has 1 aliphatic rings. The Morgan fingerprint density at radius 1 is 0.824 bits per heavy atom. The highest BCUT2D eigenvalue weighted by Gasteiger charge is 2.53. The molecule has 1 amide bonds. The van der Waals surface area contributed by atoms with Crippen molar-refractivity contribution in [3.8, 4) is 0 Å². The van der Waals surface area contributed by atoms with Gasteiger partial charge in [-0.1, -0.05) is 30.3 Å². The third-order valence-corrected chi connectivity index (χ3v) is 4.58. The number of hydrogen-bond donors (Lipinski definition) is 1. The van der Waals surface area contributed by atoms with E-state index in [0.717, 1.165) is 27.7 Å². The molecule has 2 rings (SSSR count). The Morgan fingerprint density at radius 3 is 1.85 bits per heavy atom. The first-order valence-electron chi connectivity index (χ1n) is 10.3. The fourth-order valence-electron chi connectivity index (χ4n) is 3.37. The molecule has 0 bridgehead atoms. The molecule has 1 aliphatic heterocycles. The molecule has 1 saturated heterocycles. The van der Waals surface area contributed by atoms with Crippen LogP contribution in [-0.4, -0.2) is 67.1 Å². The highest BCUT2D eigenvalue weighted by Crippen LogP contribution is 2.32. The third kappa shape index (κ3) is 7.52. The van der Waals surface area contributed by atoms with Crippen LogP contribution >= 0.6 is 0 Å². The van der Waals surface area contributed by atoms with E-state index in [1.54, 1.807) is 30.3 Å². The van der Waals surface area contributed by atoms with Crippen molar-refractivity contribution in [2.45, 2.75) is 64.5 Å². The number of nitrogens with two attached hydrogens (primary N) is 1. The summed E-state index contributed by atoms with van der Waals surface area (Å²) in [5, 5.41) is 0. The monoisotopic (exact) mass is 481 g/mol. The van der Waals surface area contributed by atoms with Gasteiger partial charge in [-0.2, -0.15) is 0 Å². The van der Waals surface area contributed by atoms with Crippen LogP contribution in [0.15, 0.2) is 30.3 Å². The van der Waals surface area contributed by atoms with Gasteiger partial charge in [0.25, 0.3) is 5.91 Å². The Labute approximate surface area is 195 Å². The second-order valence-electron chi connectivity index (χ2n) is 7.40. The highest BCUT2D eigenvalue weighted by atomic mass is 16.7. The molecule has 186 valence electrons. The Morgan fingerprint density at radius 2 is 1.35 bits per heavy atom. The van der Waals surface area contributed by atoms with Gasteiger partial charge in [-0.15, -0.1) is 0 Å². The molecule has 1 aromatic carbocycles. The van der Waals surface area contributed by atoms with Crippen LogP contribution in [0.2, 0.25) is 0 Å². The average molecular weight is 481 g/mol. The van der Waals surface area contributed by atoms with Crippen molar-refractivity contribution < 1.29 is 52.4 Å². The zero-order chi connectivity index (χ0) is 25.4. The molecule has 2 N–H and O–H groups in total. The number of benzene rings is 1. The van der Waals surface area contributed by atoms with Gasteiger partial charge < -0.3 is 34.2 Å². The molecule has 0 aromatic heterocycles. The Balaban J connectivity index is 2.50. The van der Waals surface area contributed by atoms with Crippen LogP contribution in [0.1, 0.15) is 39.4 Å². The highest BCUT2D eigenvalue weighted by molar-refractivity contribution is 5.80. The van der Waals surface area contributed by atoms with Gasteiger partial charge >= 0.3 is 23.9 Å². The second-order valence-corrected chi connectivity index (χ2v) is 7.40. The van der Waals surface area contributed by atoms with E-state index in [1.807, 2.05) is 0 Å². The van der Waals surface area contributed by atoms with Gasteiger partial charge in [0.2, 0.25) is 6.29 Å². The van der Waals surface area contributed by atoms with Crippen LogP contribution in [0.3, 0.4) is 0 Å². The lowest BCUT2D eigenvalue weighted by molar-refractivity contribution is -0.315. The molecule has 0 radical (unpaired) electrons. The average Bonchev–Trinajstić information content (AvgIpc) is 2.73. The summed E-state index contributed by atoms with van der Waals surface area (Å²) >= 11 is 0. The summed E-state index contributed by atoms with van der Waals surface area (Å²) in [5.41, 5.74) is 5.90. The Kier molecular flexibility index (Phi) is 9.51. The molecule has 0 saturated carbocycles. The van der Waals surface area contributed by atoms with Crippen LogP contribution in [0, 0.1) is 0 Å². The predicted octanol–water partition coefficient (Wildman–Crippen LogP) is 0.313. The fourth-order valence-corrected chi connectivity index (χ4v) is 3.37. The lowest BCUT2D eigenvalue weighted by Gasteiger charge is -2.44. The van der Waals surface area contributed by atoms with Crippen LogP contribution in [-0.2, 0) is 52.4 Å². The van der Waals surface area contributed by atoms with E-state index >= 15 is 0 Å². The van der Waals surface area contributed by atoms with E-state index in [1.165, 1.54) is 0 Å². The van der Waals surface area contributed by atoms with Crippen molar-refractivity contribution in [1.82, 2.24) is 0 Å². The van der Waals surface area contributed by atoms with E-state index < -0.39 is 73.2 Å². The number of rotatable bonds is 9. The number of esters is 4. The minimum atomic E-state index is -1.53. The smallest absolute Gasteiger partial charge is 0.303 e. The zero-order valence-electron chi connectivity index (χ0n) is 19.1. The SMILES string of the molecule is CC(=O)OC[C@H]1O[C@@H](O[C@@H](C(N)=O)c2ccccc2)[C@H](OC(C)=O)[C@@H](OC(C)=O)[C@@H]1OC(C)=O. The molecule has 1 fully saturated rings. The van der Waals surface area contributed by atoms with Gasteiger partial charge in [0.05, 0.1) is 0 Å². The van der Waals surface area contributed by atoms with Gasteiger partial charge in [-0.3, -0.25) is 24.0 Å². The first-order chi connectivity index (χ1) is 16.0. The van der Waals surface area contributed by atoms with Crippen molar-refractivity contribution in [3.63, 3.8) is 0 Å². The van der Waals surface area contributed by atoms with E-state index in [9.17, 15) is 24.0 Å². The molecule has 0 unspecified atom stereocenters. The topological polar surface area (TPSA) is 167 Å². The molecule has 0 spiro atoms. The van der Waals surface area contributed by atoms with Crippen molar-refractivity contribution in [2.24, 2.45) is 5.73 Å². The standard InChI is InChI=1S/C22H27NO11/c1-11(24)29-10-16-18(30-12(2)25)19(31-13(3)26)20(32-14(4)27)22(33-16)34-17(21(23)28)15-8-6-5-7-9-15/h5-9,16-20,22H,10H2,1-4H3,(H2,23,28)/t16-,17-,18-,19+,20-,22+/m1/s1. The van der Waals surface area contributed by atoms with Crippen LogP contribution in [0.4, 0.5) is 0 Å². The number of amides is 1. The summed E-state index contributed by atoms with van der Waals surface area (Å²) in [4.78, 5) is 59.0. The normalized spacial score (nSPS) is 24.9. The van der Waals surface area contributed by atoms with Crippen LogP contribution in [0.5, 0.6) is 0 Å². The fraction of sp³-hybridized carbons (Fsp3) is 0.500. The maximum atomic E-state index is 12.2. The molecule has 12 heteroatoms. The summed E-state index contributed by atoms with van der Waals surface area (Å²) in [6.45, 7) is 4.02. The van der Waals surface area contributed by atoms with Crippen molar-refractivity contribution in [2.75, 3.05) is 6.61 Å². The van der Waals surface area contributed by atoms with Gasteiger partial charge in [0.15, 0.2) is 24.4 Å². The predicted molar refractivity (Wildman–Crippen MR) is 111 cm³/mol. The number of primary amides is 1. The third-order valence-electron chi connectivity index (χ3n) is 4.58. The van der Waals surface area contributed by atoms with Gasteiger partial charge in [-0.05, 0) is 5.56 Å². The molecule has 34 heavy (non-hydrogen) atoms. The second kappa shape index (κ2) is 12.1. The van der Waals surface area contributed by atoms with Gasteiger partial charge in [-0.25, -0.2) is 0 Å². The van der Waals surface area contributed by atoms with E-state index in [-0.39, 0.29) is 0 Å². The minimum Gasteiger partial charge on any atom is -0.463 e. The Hall–Kier alpha value is -3.51. The first-order valence-corrected chi connectivity index (χ1v) is 10.3. The van der Waals surface area contributed by atoms with Crippen molar-refractivity contribution in [1.29, 1.82) is 0 Å². The molecule has 0 aliphatic carbocycles. The largest absolute Gasteiger partial charge is 0.463 e. The molecular formula is C22H27NO11. The maximum Gasteiger partial charge on any atom is 0.303 e. The molecule has 12 nitrogen and oxygen atoms in total. The number of carbonyl (C=O) groups excluding carboxylic acids is 5. The molecule has 1 aromatic rings. The van der Waals surface area contributed by atoms with Gasteiger partial charge in [0, 0.05) is 27.7 Å². The van der Waals surface area contributed by atoms with E-state index in [0.29, 0.717) is 5.56 Å². The first kappa shape index (κ1) is 26.7. The Bertz CT molecular complexity index is 903. The lowest BCUT2D eigenvalue weighted by Crippen LogP contribution is -2.63. The maximum absolute atomic E-state index is 12.2. The number of hydrogen-bond acceptors (Lipinski definition) is 11. The molecular weight excluding hydrogens is 454 g/mol. The number of ether oxygens (including phenoxy) is 6. The van der Waals surface area contributed by atoms with E-state index in [4.69, 9.17) is 34.2 Å². The summed E-state index contributed by atoms with van der Waals surface area (Å²) in [6, 6.07) is 8.20. The van der Waals surface area contributed by atoms with Gasteiger partial charge in [0.1, 0.15) is 12.7 Å². The van der Waals surface area contributed by atoms with Crippen molar-refractivity contribution in [3.05, 3.63) is 35.9 Å². The number of carbonyl (C=O) groups is 5. The van der Waals surface area contributed by atoms with Crippen LogP contribution in [0.25, 0.3) is 0 Å². The van der Waals surface area contributed by atoms with Crippen LogP contribution < -0.4 is 5.73 Å². The summed E-state index contributed by atoms with van der Waals surface area (Å²) < 4.78 is 32.5. The zero-order valence-corrected chi connectivity index (χ0v) is 19.1. The molecule has 1 heterocycles. The van der Waals surface area contributed by atoms with E-state index in [2.05, 4.69) is 0 Å². The van der Waals surface area contributed by atoms with Crippen molar-refractivity contribution >= 4 is 29.8 Å². The lowest BCUT2D eigenvalue weighted by atomic mass is 9.97. The summed E-state index contributed by atoms with van der Waals surface area (Å²) in [6.07, 6.45) is -8.31. The summed E-state index contributed by atoms with van der Waals surface area (Å²) in [5.74, 6) is -3.89. The molecule has 6 atom stereocenters. The summed E-state index contributed by atoms with van der Waals surface area (Å²) in [7, 11) is 0. The minimum absolute atomic E-state index is 0.378.